The third kappa shape index (κ3) is 3.74. The molecule has 82 valence electrons. The second kappa shape index (κ2) is 5.59. The molecule has 1 amide bonds. The lowest BCUT2D eigenvalue weighted by molar-refractivity contribution is -0.148. The normalized spacial score (nSPS) is 14.7. The van der Waals surface area contributed by atoms with Gasteiger partial charge in [0, 0.05) is 5.92 Å². The molecule has 0 radical (unpaired) electrons. The van der Waals surface area contributed by atoms with E-state index < -0.39 is 18.1 Å². The Kier molecular flexibility index (Phi) is 5.15. The summed E-state index contributed by atoms with van der Waals surface area (Å²) in [6, 6.07) is -0.991. The maximum Gasteiger partial charge on any atom is 0.331 e. The lowest BCUT2D eigenvalue weighted by Crippen LogP contribution is -2.49. The second-order valence-corrected chi connectivity index (χ2v) is 3.40. The monoisotopic (exact) mass is 203 g/mol. The van der Waals surface area contributed by atoms with Crippen LogP contribution in [0.2, 0.25) is 0 Å². The van der Waals surface area contributed by atoms with Gasteiger partial charge in [0.15, 0.2) is 6.04 Å². The fraction of sp³-hybridized carbons (Fsp3) is 0.778. The number of methoxy groups -OCH3 is 1. The van der Waals surface area contributed by atoms with E-state index in [4.69, 9.17) is 0 Å². The highest BCUT2D eigenvalue weighted by Gasteiger charge is 2.26. The summed E-state index contributed by atoms with van der Waals surface area (Å²) in [5, 5.41) is 11.6. The molecule has 0 spiro atoms. The zero-order valence-electron chi connectivity index (χ0n) is 8.90. The summed E-state index contributed by atoms with van der Waals surface area (Å²) in [5.74, 6) is -1.17. The summed E-state index contributed by atoms with van der Waals surface area (Å²) in [7, 11) is 1.21. The molecule has 0 heterocycles. The van der Waals surface area contributed by atoms with Gasteiger partial charge in [0.25, 0.3) is 0 Å². The van der Waals surface area contributed by atoms with Crippen LogP contribution in [0.1, 0.15) is 20.8 Å². The molecule has 0 saturated carbocycles. The Morgan fingerprint density at radius 3 is 2.07 bits per heavy atom. The van der Waals surface area contributed by atoms with E-state index in [2.05, 4.69) is 10.1 Å². The van der Waals surface area contributed by atoms with Gasteiger partial charge in [-0.1, -0.05) is 13.8 Å². The fourth-order valence-electron chi connectivity index (χ4n) is 0.823. The molecular weight excluding hydrogens is 186 g/mol. The van der Waals surface area contributed by atoms with Crippen LogP contribution in [0, 0.1) is 5.92 Å². The SMILES string of the molecule is COC(=O)[C@@H](NC(=O)C(C)C)[C@@H](C)O. The van der Waals surface area contributed by atoms with Gasteiger partial charge in [0.05, 0.1) is 13.2 Å². The molecule has 14 heavy (non-hydrogen) atoms. The van der Waals surface area contributed by atoms with Gasteiger partial charge in [-0.3, -0.25) is 4.79 Å². The van der Waals surface area contributed by atoms with Gasteiger partial charge < -0.3 is 15.2 Å². The van der Waals surface area contributed by atoms with Crippen molar-refractivity contribution in [2.45, 2.75) is 32.9 Å². The lowest BCUT2D eigenvalue weighted by Gasteiger charge is -2.19. The first-order valence-corrected chi connectivity index (χ1v) is 4.46. The minimum Gasteiger partial charge on any atom is -0.467 e. The number of nitrogens with one attached hydrogen (secondary N) is 1. The van der Waals surface area contributed by atoms with Crippen molar-refractivity contribution in [1.29, 1.82) is 0 Å². The molecule has 0 aliphatic rings. The third-order valence-corrected chi connectivity index (χ3v) is 1.76. The number of hydrogen-bond acceptors (Lipinski definition) is 4. The molecule has 0 aliphatic heterocycles. The number of ether oxygens (including phenoxy) is 1. The van der Waals surface area contributed by atoms with Crippen molar-refractivity contribution in [3.05, 3.63) is 0 Å². The van der Waals surface area contributed by atoms with Crippen LogP contribution >= 0.6 is 0 Å². The number of amides is 1. The van der Waals surface area contributed by atoms with E-state index in [1.165, 1.54) is 14.0 Å². The molecule has 0 aromatic rings. The van der Waals surface area contributed by atoms with Crippen molar-refractivity contribution >= 4 is 11.9 Å². The highest BCUT2D eigenvalue weighted by atomic mass is 16.5. The van der Waals surface area contributed by atoms with Crippen LogP contribution in [0.4, 0.5) is 0 Å². The van der Waals surface area contributed by atoms with E-state index in [0.717, 1.165) is 0 Å². The van der Waals surface area contributed by atoms with Gasteiger partial charge in [-0.25, -0.2) is 4.79 Å². The van der Waals surface area contributed by atoms with Gasteiger partial charge in [-0.2, -0.15) is 0 Å². The van der Waals surface area contributed by atoms with Crippen molar-refractivity contribution in [2.75, 3.05) is 7.11 Å². The minimum absolute atomic E-state index is 0.235. The van der Waals surface area contributed by atoms with Gasteiger partial charge in [-0.15, -0.1) is 0 Å². The van der Waals surface area contributed by atoms with E-state index in [-0.39, 0.29) is 11.8 Å². The molecule has 0 fully saturated rings. The van der Waals surface area contributed by atoms with E-state index >= 15 is 0 Å². The third-order valence-electron chi connectivity index (χ3n) is 1.76. The first kappa shape index (κ1) is 12.9. The summed E-state index contributed by atoms with van der Waals surface area (Å²) in [4.78, 5) is 22.4. The molecule has 5 heteroatoms. The molecule has 0 aromatic heterocycles. The van der Waals surface area contributed by atoms with Crippen molar-refractivity contribution in [2.24, 2.45) is 5.92 Å². The van der Waals surface area contributed by atoms with Crippen molar-refractivity contribution < 1.29 is 19.4 Å². The first-order valence-electron chi connectivity index (χ1n) is 4.46. The van der Waals surface area contributed by atoms with E-state index in [0.29, 0.717) is 0 Å². The number of carbonyl (C=O) groups excluding carboxylic acids is 2. The number of hydrogen-bond donors (Lipinski definition) is 2. The average molecular weight is 203 g/mol. The lowest BCUT2D eigenvalue weighted by atomic mass is 10.1. The summed E-state index contributed by atoms with van der Waals surface area (Å²) >= 11 is 0. The summed E-state index contributed by atoms with van der Waals surface area (Å²) in [6.07, 6.45) is -0.967. The highest BCUT2D eigenvalue weighted by Crippen LogP contribution is 1.99. The molecule has 0 aromatic carbocycles. The molecule has 0 aliphatic carbocycles. The Bertz CT molecular complexity index is 213. The van der Waals surface area contributed by atoms with Crippen LogP contribution in [0.3, 0.4) is 0 Å². The number of carbonyl (C=O) groups is 2. The Morgan fingerprint density at radius 2 is 1.79 bits per heavy atom. The average Bonchev–Trinajstić information content (AvgIpc) is 2.11. The standard InChI is InChI=1S/C9H17NO4/c1-5(2)8(12)10-7(6(3)11)9(13)14-4/h5-7,11H,1-4H3,(H,10,12)/t6-,7+/m1/s1. The topological polar surface area (TPSA) is 75.6 Å². The largest absolute Gasteiger partial charge is 0.467 e. The Balaban J connectivity index is 4.38. The number of aliphatic hydroxyl groups is 1. The van der Waals surface area contributed by atoms with Crippen LogP contribution in [0.25, 0.3) is 0 Å². The fourth-order valence-corrected chi connectivity index (χ4v) is 0.823. The van der Waals surface area contributed by atoms with Crippen LogP contribution < -0.4 is 5.32 Å². The summed E-state index contributed by atoms with van der Waals surface area (Å²) in [6.45, 7) is 4.82. The van der Waals surface area contributed by atoms with Crippen LogP contribution in [-0.4, -0.2) is 36.2 Å². The molecule has 0 rings (SSSR count). The Labute approximate surface area is 83.4 Å². The predicted molar refractivity (Wildman–Crippen MR) is 50.5 cm³/mol. The smallest absolute Gasteiger partial charge is 0.331 e. The highest BCUT2D eigenvalue weighted by molar-refractivity contribution is 5.85. The molecular formula is C9H17NO4. The maximum absolute atomic E-state index is 11.2. The molecule has 2 N–H and O–H groups in total. The maximum atomic E-state index is 11.2. The molecule has 0 unspecified atom stereocenters. The van der Waals surface area contributed by atoms with Gasteiger partial charge >= 0.3 is 5.97 Å². The van der Waals surface area contributed by atoms with Gasteiger partial charge in [0.2, 0.25) is 5.91 Å². The van der Waals surface area contributed by atoms with Crippen LogP contribution in [-0.2, 0) is 14.3 Å². The van der Waals surface area contributed by atoms with Crippen molar-refractivity contribution in [1.82, 2.24) is 5.32 Å². The summed E-state index contributed by atoms with van der Waals surface area (Å²) in [5.41, 5.74) is 0. The number of aliphatic hydroxyl groups excluding tert-OH is 1. The summed E-state index contributed by atoms with van der Waals surface area (Å²) < 4.78 is 4.44. The van der Waals surface area contributed by atoms with E-state index in [1.807, 2.05) is 0 Å². The van der Waals surface area contributed by atoms with Crippen LogP contribution in [0.5, 0.6) is 0 Å². The zero-order valence-corrected chi connectivity index (χ0v) is 8.90. The van der Waals surface area contributed by atoms with E-state index in [1.54, 1.807) is 13.8 Å². The van der Waals surface area contributed by atoms with Crippen LogP contribution in [0.15, 0.2) is 0 Å². The Hall–Kier alpha value is -1.10. The number of esters is 1. The van der Waals surface area contributed by atoms with Gasteiger partial charge in [-0.05, 0) is 6.92 Å². The van der Waals surface area contributed by atoms with E-state index in [9.17, 15) is 14.7 Å². The minimum atomic E-state index is -0.991. The molecule has 2 atom stereocenters. The zero-order chi connectivity index (χ0) is 11.3. The van der Waals surface area contributed by atoms with Gasteiger partial charge in [0.1, 0.15) is 0 Å². The first-order chi connectivity index (χ1) is 6.40. The Morgan fingerprint density at radius 1 is 1.29 bits per heavy atom. The molecule has 5 nitrogen and oxygen atoms in total. The second-order valence-electron chi connectivity index (χ2n) is 3.40. The van der Waals surface area contributed by atoms with Crippen molar-refractivity contribution in [3.63, 3.8) is 0 Å². The number of rotatable bonds is 4. The van der Waals surface area contributed by atoms with Crippen molar-refractivity contribution in [3.8, 4) is 0 Å². The molecule has 0 saturated heterocycles. The predicted octanol–water partition coefficient (Wildman–Crippen LogP) is -0.319. The molecule has 0 bridgehead atoms. The quantitative estimate of drug-likeness (QED) is 0.614.